The highest BCUT2D eigenvalue weighted by atomic mass is 32.1. The van der Waals surface area contributed by atoms with Gasteiger partial charge in [-0.05, 0) is 63.4 Å². The van der Waals surface area contributed by atoms with Crippen LogP contribution < -0.4 is 5.32 Å². The van der Waals surface area contributed by atoms with Crippen molar-refractivity contribution in [2.24, 2.45) is 0 Å². The second-order valence-corrected chi connectivity index (χ2v) is 6.59. The van der Waals surface area contributed by atoms with E-state index < -0.39 is 0 Å². The summed E-state index contributed by atoms with van der Waals surface area (Å²) in [6.45, 7) is 6.03. The Hall–Kier alpha value is -1.98. The van der Waals surface area contributed by atoms with E-state index in [0.29, 0.717) is 0 Å². The standard InChI is InChI=1S/C19H26N4S/c1-15-8-5-6-10-18(15)21-19(24)23(13-12-22(3)4)16(2)17-9-7-11-20-14-17/h5-11,14,16H,12-13H2,1-4H3,(H,21,24). The second-order valence-electron chi connectivity index (χ2n) is 6.20. The number of hydrogen-bond acceptors (Lipinski definition) is 3. The van der Waals surface area contributed by atoms with Crippen LogP contribution in [-0.4, -0.2) is 47.1 Å². The largest absolute Gasteiger partial charge is 0.341 e. The Morgan fingerprint density at radius 2 is 1.92 bits per heavy atom. The number of pyridine rings is 1. The molecule has 0 aliphatic carbocycles. The van der Waals surface area contributed by atoms with Crippen molar-refractivity contribution in [1.82, 2.24) is 14.8 Å². The Bertz CT molecular complexity index is 657. The number of aryl methyl sites for hydroxylation is 1. The first-order valence-electron chi connectivity index (χ1n) is 8.17. The molecule has 128 valence electrons. The Balaban J connectivity index is 2.18. The molecule has 2 aromatic rings. The maximum Gasteiger partial charge on any atom is 0.173 e. The van der Waals surface area contributed by atoms with Crippen molar-refractivity contribution in [3.8, 4) is 0 Å². The minimum atomic E-state index is 0.155. The molecule has 0 bridgehead atoms. The van der Waals surface area contributed by atoms with Crippen LogP contribution in [0.15, 0.2) is 48.8 Å². The first kappa shape index (κ1) is 18.4. The van der Waals surface area contributed by atoms with E-state index in [-0.39, 0.29) is 6.04 Å². The molecule has 1 heterocycles. The fourth-order valence-electron chi connectivity index (χ4n) is 2.48. The summed E-state index contributed by atoms with van der Waals surface area (Å²) in [5.74, 6) is 0. The van der Waals surface area contributed by atoms with Gasteiger partial charge < -0.3 is 15.1 Å². The number of benzene rings is 1. The summed E-state index contributed by atoms with van der Waals surface area (Å²) in [5, 5.41) is 4.14. The third-order valence-corrected chi connectivity index (χ3v) is 4.41. The lowest BCUT2D eigenvalue weighted by molar-refractivity contribution is 0.289. The molecule has 1 aromatic carbocycles. The zero-order chi connectivity index (χ0) is 17.5. The van der Waals surface area contributed by atoms with E-state index in [2.05, 4.69) is 66.2 Å². The molecule has 5 heteroatoms. The van der Waals surface area contributed by atoms with Crippen molar-refractivity contribution in [3.05, 3.63) is 59.9 Å². The molecule has 1 N–H and O–H groups in total. The molecule has 0 saturated heterocycles. The molecule has 24 heavy (non-hydrogen) atoms. The van der Waals surface area contributed by atoms with Gasteiger partial charge in [0.25, 0.3) is 0 Å². The van der Waals surface area contributed by atoms with Gasteiger partial charge in [-0.3, -0.25) is 4.98 Å². The number of likely N-dealkylation sites (N-methyl/N-ethyl adjacent to an activating group) is 1. The SMILES string of the molecule is Cc1ccccc1NC(=S)N(CCN(C)C)C(C)c1cccnc1. The molecule has 0 saturated carbocycles. The van der Waals surface area contributed by atoms with E-state index in [1.54, 1.807) is 6.20 Å². The van der Waals surface area contributed by atoms with Gasteiger partial charge in [0.05, 0.1) is 6.04 Å². The normalized spacial score (nSPS) is 12.0. The Morgan fingerprint density at radius 3 is 2.54 bits per heavy atom. The zero-order valence-corrected chi connectivity index (χ0v) is 15.7. The van der Waals surface area contributed by atoms with Crippen LogP contribution in [0.2, 0.25) is 0 Å². The molecule has 2 rings (SSSR count). The third-order valence-electron chi connectivity index (χ3n) is 4.07. The van der Waals surface area contributed by atoms with Crippen molar-refractivity contribution in [1.29, 1.82) is 0 Å². The lowest BCUT2D eigenvalue weighted by Gasteiger charge is -2.33. The maximum atomic E-state index is 5.72. The molecule has 1 unspecified atom stereocenters. The van der Waals surface area contributed by atoms with Crippen molar-refractivity contribution in [2.75, 3.05) is 32.5 Å². The minimum absolute atomic E-state index is 0.155. The van der Waals surface area contributed by atoms with E-state index >= 15 is 0 Å². The molecule has 0 radical (unpaired) electrons. The molecule has 0 spiro atoms. The Kier molecular flexibility index (Phi) is 6.70. The lowest BCUT2D eigenvalue weighted by Crippen LogP contribution is -2.41. The summed E-state index contributed by atoms with van der Waals surface area (Å²) in [6.07, 6.45) is 3.70. The van der Waals surface area contributed by atoms with Crippen molar-refractivity contribution in [2.45, 2.75) is 19.9 Å². The molecule has 0 amide bonds. The highest BCUT2D eigenvalue weighted by Gasteiger charge is 2.19. The zero-order valence-electron chi connectivity index (χ0n) is 14.9. The highest BCUT2D eigenvalue weighted by molar-refractivity contribution is 7.80. The van der Waals surface area contributed by atoms with E-state index in [1.165, 1.54) is 5.56 Å². The number of thiocarbonyl (C=S) groups is 1. The maximum absolute atomic E-state index is 5.72. The van der Waals surface area contributed by atoms with Crippen LogP contribution in [0.5, 0.6) is 0 Å². The molecule has 0 aliphatic heterocycles. The third kappa shape index (κ3) is 5.01. The fourth-order valence-corrected chi connectivity index (χ4v) is 2.84. The summed E-state index contributed by atoms with van der Waals surface area (Å²) in [7, 11) is 4.15. The topological polar surface area (TPSA) is 31.4 Å². The number of aromatic nitrogens is 1. The number of rotatable bonds is 6. The highest BCUT2D eigenvalue weighted by Crippen LogP contribution is 2.21. The van der Waals surface area contributed by atoms with Gasteiger partial charge in [0, 0.05) is 31.2 Å². The van der Waals surface area contributed by atoms with Crippen LogP contribution in [0.25, 0.3) is 0 Å². The molecule has 0 aliphatic rings. The molecule has 4 nitrogen and oxygen atoms in total. The van der Waals surface area contributed by atoms with Gasteiger partial charge in [-0.1, -0.05) is 24.3 Å². The van der Waals surface area contributed by atoms with E-state index in [1.807, 2.05) is 24.4 Å². The average molecular weight is 343 g/mol. The predicted molar refractivity (Wildman–Crippen MR) is 105 cm³/mol. The number of nitrogens with zero attached hydrogens (tertiary/aromatic N) is 3. The van der Waals surface area contributed by atoms with Crippen molar-refractivity contribution in [3.63, 3.8) is 0 Å². The lowest BCUT2D eigenvalue weighted by atomic mass is 10.1. The summed E-state index contributed by atoms with van der Waals surface area (Å²) in [5.41, 5.74) is 3.39. The minimum Gasteiger partial charge on any atom is -0.341 e. The van der Waals surface area contributed by atoms with E-state index in [4.69, 9.17) is 12.2 Å². The molecule has 0 fully saturated rings. The van der Waals surface area contributed by atoms with Crippen molar-refractivity contribution < 1.29 is 0 Å². The smallest absolute Gasteiger partial charge is 0.173 e. The van der Waals surface area contributed by atoms with Gasteiger partial charge in [-0.15, -0.1) is 0 Å². The monoisotopic (exact) mass is 342 g/mol. The van der Waals surface area contributed by atoms with Gasteiger partial charge >= 0.3 is 0 Å². The van der Waals surface area contributed by atoms with E-state index in [9.17, 15) is 0 Å². The number of para-hydroxylation sites is 1. The van der Waals surface area contributed by atoms with Gasteiger partial charge in [-0.2, -0.15) is 0 Å². The van der Waals surface area contributed by atoms with Crippen molar-refractivity contribution >= 4 is 23.0 Å². The van der Waals surface area contributed by atoms with Gasteiger partial charge in [0.15, 0.2) is 5.11 Å². The Labute approximate surface area is 150 Å². The van der Waals surface area contributed by atoms with Crippen LogP contribution in [0.1, 0.15) is 24.1 Å². The van der Waals surface area contributed by atoms with Crippen LogP contribution >= 0.6 is 12.2 Å². The molecule has 1 atom stereocenters. The van der Waals surface area contributed by atoms with Crippen LogP contribution in [-0.2, 0) is 0 Å². The average Bonchev–Trinajstić information content (AvgIpc) is 2.57. The quantitative estimate of drug-likeness (QED) is 0.809. The van der Waals surface area contributed by atoms with Gasteiger partial charge in [-0.25, -0.2) is 0 Å². The second kappa shape index (κ2) is 8.76. The van der Waals surface area contributed by atoms with Gasteiger partial charge in [0.1, 0.15) is 0 Å². The van der Waals surface area contributed by atoms with E-state index in [0.717, 1.165) is 29.5 Å². The predicted octanol–water partition coefficient (Wildman–Crippen LogP) is 3.71. The number of anilines is 1. The molecular weight excluding hydrogens is 316 g/mol. The molecule has 1 aromatic heterocycles. The van der Waals surface area contributed by atoms with Crippen LogP contribution in [0.3, 0.4) is 0 Å². The first-order valence-corrected chi connectivity index (χ1v) is 8.57. The fraction of sp³-hybridized carbons (Fsp3) is 0.368. The van der Waals surface area contributed by atoms with Gasteiger partial charge in [0.2, 0.25) is 0 Å². The summed E-state index contributed by atoms with van der Waals surface area (Å²) >= 11 is 5.72. The number of hydrogen-bond donors (Lipinski definition) is 1. The molecular formula is C19H26N4S. The van der Waals surface area contributed by atoms with Crippen LogP contribution in [0, 0.1) is 6.92 Å². The summed E-state index contributed by atoms with van der Waals surface area (Å²) in [4.78, 5) is 8.63. The number of nitrogens with one attached hydrogen (secondary N) is 1. The van der Waals surface area contributed by atoms with Crippen LogP contribution in [0.4, 0.5) is 5.69 Å². The Morgan fingerprint density at radius 1 is 1.17 bits per heavy atom. The summed E-state index contributed by atoms with van der Waals surface area (Å²) in [6, 6.07) is 12.4. The summed E-state index contributed by atoms with van der Waals surface area (Å²) < 4.78 is 0. The first-order chi connectivity index (χ1) is 11.5.